The van der Waals surface area contributed by atoms with Gasteiger partial charge in [0.05, 0.1) is 0 Å². The SMILES string of the molecule is O=C(CCc1ccc(Cl)cc1)NCc1ccccc1CN1CCCCC1. The van der Waals surface area contributed by atoms with E-state index in [9.17, 15) is 4.79 Å². The van der Waals surface area contributed by atoms with Gasteiger partial charge in [-0.15, -0.1) is 0 Å². The van der Waals surface area contributed by atoms with Crippen molar-refractivity contribution in [2.24, 2.45) is 0 Å². The van der Waals surface area contributed by atoms with Crippen LogP contribution in [0.2, 0.25) is 5.02 Å². The number of hydrogen-bond donors (Lipinski definition) is 1. The summed E-state index contributed by atoms with van der Waals surface area (Å²) < 4.78 is 0. The summed E-state index contributed by atoms with van der Waals surface area (Å²) in [7, 11) is 0. The molecule has 1 heterocycles. The standard InChI is InChI=1S/C22H27ClN2O/c23-21-11-8-18(9-12-21)10-13-22(26)24-16-19-6-2-3-7-20(19)17-25-14-4-1-5-15-25/h2-3,6-9,11-12H,1,4-5,10,13-17H2,(H,24,26). The molecular weight excluding hydrogens is 344 g/mol. The molecule has 3 nitrogen and oxygen atoms in total. The Balaban J connectivity index is 1.49. The van der Waals surface area contributed by atoms with Gasteiger partial charge in [-0.05, 0) is 61.2 Å². The molecule has 0 saturated carbocycles. The maximum absolute atomic E-state index is 12.2. The number of amides is 1. The molecule has 1 aliphatic heterocycles. The lowest BCUT2D eigenvalue weighted by Crippen LogP contribution is -2.30. The van der Waals surface area contributed by atoms with Gasteiger partial charge in [-0.1, -0.05) is 54.4 Å². The quantitative estimate of drug-likeness (QED) is 0.774. The molecule has 0 bridgehead atoms. The van der Waals surface area contributed by atoms with Gasteiger partial charge in [0.2, 0.25) is 5.91 Å². The zero-order valence-corrected chi connectivity index (χ0v) is 16.0. The van der Waals surface area contributed by atoms with Crippen LogP contribution in [0, 0.1) is 0 Å². The zero-order chi connectivity index (χ0) is 18.2. The number of nitrogens with zero attached hydrogens (tertiary/aromatic N) is 1. The molecular formula is C22H27ClN2O. The summed E-state index contributed by atoms with van der Waals surface area (Å²) in [5.41, 5.74) is 3.68. The van der Waals surface area contributed by atoms with Gasteiger partial charge in [0.15, 0.2) is 0 Å². The Morgan fingerprint density at radius 2 is 1.65 bits per heavy atom. The second kappa shape index (κ2) is 9.75. The highest BCUT2D eigenvalue weighted by molar-refractivity contribution is 6.30. The second-order valence-electron chi connectivity index (χ2n) is 7.01. The van der Waals surface area contributed by atoms with Crippen LogP contribution in [0.1, 0.15) is 42.4 Å². The lowest BCUT2D eigenvalue weighted by Gasteiger charge is -2.27. The molecule has 2 aromatic carbocycles. The van der Waals surface area contributed by atoms with E-state index in [1.807, 2.05) is 24.3 Å². The molecule has 0 radical (unpaired) electrons. The van der Waals surface area contributed by atoms with Crippen LogP contribution >= 0.6 is 11.6 Å². The maximum Gasteiger partial charge on any atom is 0.220 e. The number of aryl methyl sites for hydroxylation is 1. The molecule has 26 heavy (non-hydrogen) atoms. The van der Waals surface area contributed by atoms with Crippen LogP contribution in [0.4, 0.5) is 0 Å². The van der Waals surface area contributed by atoms with Crippen LogP contribution in [0.3, 0.4) is 0 Å². The first-order valence-electron chi connectivity index (χ1n) is 9.51. The highest BCUT2D eigenvalue weighted by Crippen LogP contribution is 2.16. The van der Waals surface area contributed by atoms with Crippen LogP contribution in [-0.4, -0.2) is 23.9 Å². The summed E-state index contributed by atoms with van der Waals surface area (Å²) in [4.78, 5) is 14.7. The van der Waals surface area contributed by atoms with Crippen molar-refractivity contribution in [3.63, 3.8) is 0 Å². The van der Waals surface area contributed by atoms with E-state index in [2.05, 4.69) is 34.5 Å². The Morgan fingerprint density at radius 3 is 2.38 bits per heavy atom. The summed E-state index contributed by atoms with van der Waals surface area (Å²) in [5, 5.41) is 3.80. The molecule has 1 saturated heterocycles. The molecule has 138 valence electrons. The molecule has 0 atom stereocenters. The lowest BCUT2D eigenvalue weighted by atomic mass is 10.0. The van der Waals surface area contributed by atoms with Crippen molar-refractivity contribution in [2.75, 3.05) is 13.1 Å². The average Bonchev–Trinajstić information content (AvgIpc) is 2.68. The molecule has 1 fully saturated rings. The average molecular weight is 371 g/mol. The lowest BCUT2D eigenvalue weighted by molar-refractivity contribution is -0.121. The number of hydrogen-bond acceptors (Lipinski definition) is 2. The van der Waals surface area contributed by atoms with Crippen LogP contribution in [-0.2, 0) is 24.3 Å². The van der Waals surface area contributed by atoms with Crippen LogP contribution in [0.15, 0.2) is 48.5 Å². The minimum atomic E-state index is 0.0905. The van der Waals surface area contributed by atoms with E-state index in [1.165, 1.54) is 43.5 Å². The van der Waals surface area contributed by atoms with E-state index in [0.717, 1.165) is 23.6 Å². The van der Waals surface area contributed by atoms with Crippen LogP contribution in [0.25, 0.3) is 0 Å². The van der Waals surface area contributed by atoms with Crippen molar-refractivity contribution < 1.29 is 4.79 Å². The first-order chi connectivity index (χ1) is 12.7. The highest BCUT2D eigenvalue weighted by atomic mass is 35.5. The summed E-state index contributed by atoms with van der Waals surface area (Å²) >= 11 is 5.89. The Bertz CT molecular complexity index is 708. The van der Waals surface area contributed by atoms with E-state index < -0.39 is 0 Å². The van der Waals surface area contributed by atoms with Crippen molar-refractivity contribution in [1.82, 2.24) is 10.2 Å². The third-order valence-electron chi connectivity index (χ3n) is 4.99. The minimum absolute atomic E-state index is 0.0905. The fraction of sp³-hybridized carbons (Fsp3) is 0.409. The van der Waals surface area contributed by atoms with Crippen molar-refractivity contribution >= 4 is 17.5 Å². The molecule has 2 aromatic rings. The van der Waals surface area contributed by atoms with Gasteiger partial charge < -0.3 is 5.32 Å². The van der Waals surface area contributed by atoms with Crippen molar-refractivity contribution in [2.45, 2.75) is 45.2 Å². The van der Waals surface area contributed by atoms with Gasteiger partial charge in [0, 0.05) is 24.5 Å². The molecule has 1 amide bonds. The van der Waals surface area contributed by atoms with Gasteiger partial charge in [-0.25, -0.2) is 0 Å². The van der Waals surface area contributed by atoms with Gasteiger partial charge in [0.25, 0.3) is 0 Å². The van der Waals surface area contributed by atoms with Crippen molar-refractivity contribution in [3.05, 3.63) is 70.2 Å². The molecule has 0 aliphatic carbocycles. The number of carbonyl (C=O) groups is 1. The Hall–Kier alpha value is -1.84. The normalized spacial score (nSPS) is 15.0. The first kappa shape index (κ1) is 18.9. The summed E-state index contributed by atoms with van der Waals surface area (Å²) in [6, 6.07) is 16.1. The molecule has 1 aliphatic rings. The van der Waals surface area contributed by atoms with Gasteiger partial charge in [-0.3, -0.25) is 9.69 Å². The van der Waals surface area contributed by atoms with Crippen LogP contribution < -0.4 is 5.32 Å². The number of rotatable bonds is 7. The molecule has 4 heteroatoms. The monoisotopic (exact) mass is 370 g/mol. The van der Waals surface area contributed by atoms with Gasteiger partial charge in [-0.2, -0.15) is 0 Å². The van der Waals surface area contributed by atoms with E-state index in [4.69, 9.17) is 11.6 Å². The highest BCUT2D eigenvalue weighted by Gasteiger charge is 2.12. The number of piperidine rings is 1. The molecule has 3 rings (SSSR count). The topological polar surface area (TPSA) is 32.3 Å². The summed E-state index contributed by atoms with van der Waals surface area (Å²) in [6.07, 6.45) is 5.17. The zero-order valence-electron chi connectivity index (χ0n) is 15.2. The molecule has 1 N–H and O–H groups in total. The first-order valence-corrected chi connectivity index (χ1v) is 9.89. The minimum Gasteiger partial charge on any atom is -0.352 e. The fourth-order valence-corrected chi connectivity index (χ4v) is 3.56. The van der Waals surface area contributed by atoms with Crippen LogP contribution in [0.5, 0.6) is 0 Å². The van der Waals surface area contributed by atoms with E-state index in [1.54, 1.807) is 0 Å². The number of likely N-dealkylation sites (tertiary alicyclic amines) is 1. The number of nitrogens with one attached hydrogen (secondary N) is 1. The third kappa shape index (κ3) is 5.86. The van der Waals surface area contributed by atoms with Crippen molar-refractivity contribution in [1.29, 1.82) is 0 Å². The molecule has 0 aromatic heterocycles. The number of benzene rings is 2. The number of halogens is 1. The smallest absolute Gasteiger partial charge is 0.220 e. The second-order valence-corrected chi connectivity index (χ2v) is 7.45. The van der Waals surface area contributed by atoms with E-state index in [0.29, 0.717) is 13.0 Å². The summed E-state index contributed by atoms with van der Waals surface area (Å²) in [5.74, 6) is 0.0905. The van der Waals surface area contributed by atoms with E-state index >= 15 is 0 Å². The molecule has 0 spiro atoms. The van der Waals surface area contributed by atoms with Gasteiger partial charge in [0.1, 0.15) is 0 Å². The predicted octanol–water partition coefficient (Wildman–Crippen LogP) is 4.57. The Morgan fingerprint density at radius 1 is 0.962 bits per heavy atom. The molecule has 0 unspecified atom stereocenters. The summed E-state index contributed by atoms with van der Waals surface area (Å²) in [6.45, 7) is 3.95. The third-order valence-corrected chi connectivity index (χ3v) is 5.24. The maximum atomic E-state index is 12.2. The Kier molecular flexibility index (Phi) is 7.10. The largest absolute Gasteiger partial charge is 0.352 e. The van der Waals surface area contributed by atoms with E-state index in [-0.39, 0.29) is 5.91 Å². The van der Waals surface area contributed by atoms with Gasteiger partial charge >= 0.3 is 0 Å². The fourth-order valence-electron chi connectivity index (χ4n) is 3.43. The number of carbonyl (C=O) groups excluding carboxylic acids is 1. The predicted molar refractivity (Wildman–Crippen MR) is 107 cm³/mol. The van der Waals surface area contributed by atoms with Crippen molar-refractivity contribution in [3.8, 4) is 0 Å². The Labute approximate surface area is 161 Å².